The second-order valence-electron chi connectivity index (χ2n) is 9.04. The lowest BCUT2D eigenvalue weighted by atomic mass is 10.0. The molecule has 196 valence electrons. The summed E-state index contributed by atoms with van der Waals surface area (Å²) in [5.41, 5.74) is 12.9. The minimum absolute atomic E-state index is 0.157. The van der Waals surface area contributed by atoms with E-state index in [9.17, 15) is 0 Å². The molecule has 0 saturated heterocycles. The van der Waals surface area contributed by atoms with Crippen molar-refractivity contribution in [3.63, 3.8) is 0 Å². The Morgan fingerprint density at radius 2 is 1.08 bits per heavy atom. The van der Waals surface area contributed by atoms with Crippen LogP contribution in [0, 0.1) is 0 Å². The van der Waals surface area contributed by atoms with Gasteiger partial charge in [-0.3, -0.25) is 0 Å². The van der Waals surface area contributed by atoms with Gasteiger partial charge >= 0.3 is 0 Å². The summed E-state index contributed by atoms with van der Waals surface area (Å²) in [6.07, 6.45) is 13.6. The fraction of sp³-hybridized carbons (Fsp3) is 0.483. The fourth-order valence-electron chi connectivity index (χ4n) is 3.85. The van der Waals surface area contributed by atoms with Gasteiger partial charge in [0.25, 0.3) is 0 Å². The molecular formula is C29H41Cl2N5. The Morgan fingerprint density at radius 3 is 1.58 bits per heavy atom. The largest absolute Gasteiger partial charge is 0.367 e. The average molecular weight is 531 g/mol. The highest BCUT2D eigenvalue weighted by Gasteiger charge is 2.07. The van der Waals surface area contributed by atoms with Crippen molar-refractivity contribution in [2.24, 2.45) is 21.0 Å². The molecule has 0 spiro atoms. The Morgan fingerprint density at radius 1 is 0.639 bits per heavy atom. The molecule has 2 rings (SSSR count). The number of nitrogens with two attached hydrogens (primary N) is 1. The number of unbranched alkanes of at least 4 members (excludes halogenated alkanes) is 8. The van der Waals surface area contributed by atoms with E-state index in [0.29, 0.717) is 10.0 Å². The third-order valence-electron chi connectivity index (χ3n) is 5.97. The standard InChI is InChI=1S/C29H41Cl2N5/c1-3-5-7-9-11-13-27(23-15-19-25(30)20-16-23)33-35-29(32)36-34-28(14-12-10-8-6-4-2)24-17-21-26(31)22-18-24/h15-22H,3-14H2,1-2H3,(H3,32,35,36)/b33-27+,34-28+. The van der Waals surface area contributed by atoms with Crippen LogP contribution in [-0.2, 0) is 0 Å². The van der Waals surface area contributed by atoms with Crippen molar-refractivity contribution in [3.8, 4) is 0 Å². The first kappa shape index (κ1) is 29.9. The van der Waals surface area contributed by atoms with Crippen LogP contribution in [-0.4, -0.2) is 17.4 Å². The van der Waals surface area contributed by atoms with Crippen LogP contribution in [0.25, 0.3) is 0 Å². The van der Waals surface area contributed by atoms with Crippen molar-refractivity contribution in [1.82, 2.24) is 5.43 Å². The molecule has 0 amide bonds. The van der Waals surface area contributed by atoms with E-state index in [4.69, 9.17) is 28.9 Å². The molecule has 0 aliphatic heterocycles. The molecule has 0 radical (unpaired) electrons. The van der Waals surface area contributed by atoms with Gasteiger partial charge in [-0.2, -0.15) is 10.2 Å². The number of hydrogen-bond acceptors (Lipinski definition) is 3. The normalized spacial score (nSPS) is 12.7. The highest BCUT2D eigenvalue weighted by molar-refractivity contribution is 6.31. The molecule has 0 bridgehead atoms. The van der Waals surface area contributed by atoms with Gasteiger partial charge in [-0.25, -0.2) is 5.43 Å². The van der Waals surface area contributed by atoms with Crippen molar-refractivity contribution in [2.75, 3.05) is 0 Å². The Balaban J connectivity index is 2.12. The van der Waals surface area contributed by atoms with E-state index >= 15 is 0 Å². The maximum Gasteiger partial charge on any atom is 0.234 e. The van der Waals surface area contributed by atoms with Crippen LogP contribution in [0.3, 0.4) is 0 Å². The third kappa shape index (κ3) is 12.0. The van der Waals surface area contributed by atoms with Crippen LogP contribution >= 0.6 is 23.2 Å². The lowest BCUT2D eigenvalue weighted by Crippen LogP contribution is -2.28. The molecule has 0 saturated carbocycles. The summed E-state index contributed by atoms with van der Waals surface area (Å²) < 4.78 is 0. The molecule has 0 aliphatic rings. The smallest absolute Gasteiger partial charge is 0.234 e. The predicted octanol–water partition coefficient (Wildman–Crippen LogP) is 8.73. The van der Waals surface area contributed by atoms with Crippen LogP contribution in [0.4, 0.5) is 0 Å². The lowest BCUT2D eigenvalue weighted by Gasteiger charge is -2.09. The number of nitrogens with one attached hydrogen (secondary N) is 1. The number of guanidine groups is 1. The number of hydrazone groups is 1. The maximum absolute atomic E-state index is 6.15. The van der Waals surface area contributed by atoms with E-state index in [-0.39, 0.29) is 5.96 Å². The molecule has 0 heterocycles. The fourth-order valence-corrected chi connectivity index (χ4v) is 4.11. The third-order valence-corrected chi connectivity index (χ3v) is 6.48. The van der Waals surface area contributed by atoms with Crippen LogP contribution in [0.5, 0.6) is 0 Å². The van der Waals surface area contributed by atoms with Crippen LogP contribution < -0.4 is 11.2 Å². The molecule has 2 aromatic carbocycles. The van der Waals surface area contributed by atoms with Gasteiger partial charge in [-0.05, 0) is 61.1 Å². The zero-order valence-electron chi connectivity index (χ0n) is 21.8. The number of nitrogens with zero attached hydrogens (tertiary/aromatic N) is 3. The van der Waals surface area contributed by atoms with Crippen molar-refractivity contribution in [1.29, 1.82) is 0 Å². The Bertz CT molecular complexity index is 966. The van der Waals surface area contributed by atoms with Gasteiger partial charge in [0.2, 0.25) is 5.96 Å². The summed E-state index contributed by atoms with van der Waals surface area (Å²) in [5.74, 6) is 0.157. The molecule has 0 fully saturated rings. The lowest BCUT2D eigenvalue weighted by molar-refractivity contribution is 0.642. The summed E-state index contributed by atoms with van der Waals surface area (Å²) in [5, 5.41) is 14.7. The monoisotopic (exact) mass is 529 g/mol. The van der Waals surface area contributed by atoms with Gasteiger partial charge in [0, 0.05) is 10.0 Å². The molecule has 7 heteroatoms. The first-order valence-electron chi connectivity index (χ1n) is 13.3. The van der Waals surface area contributed by atoms with Crippen molar-refractivity contribution in [2.45, 2.75) is 90.9 Å². The number of rotatable bonds is 16. The SMILES string of the molecule is CCCCCCC/C(=N\N=C(N)N/N=C(\CCCCCCC)c1ccc(Cl)cc1)c1ccc(Cl)cc1. The van der Waals surface area contributed by atoms with Crippen molar-refractivity contribution in [3.05, 3.63) is 69.7 Å². The molecule has 36 heavy (non-hydrogen) atoms. The number of hydrogen-bond donors (Lipinski definition) is 2. The molecule has 0 atom stereocenters. The Labute approximate surface area is 227 Å². The molecule has 5 nitrogen and oxygen atoms in total. The molecule has 0 aliphatic carbocycles. The summed E-state index contributed by atoms with van der Waals surface area (Å²) in [6.45, 7) is 4.44. The second-order valence-corrected chi connectivity index (χ2v) is 9.92. The zero-order chi connectivity index (χ0) is 26.0. The van der Waals surface area contributed by atoms with Crippen LogP contribution in [0.2, 0.25) is 10.0 Å². The minimum Gasteiger partial charge on any atom is -0.367 e. The quantitative estimate of drug-likeness (QED) is 0.0985. The maximum atomic E-state index is 6.15. The van der Waals surface area contributed by atoms with E-state index in [0.717, 1.165) is 48.2 Å². The molecule has 3 N–H and O–H groups in total. The predicted molar refractivity (Wildman–Crippen MR) is 157 cm³/mol. The van der Waals surface area contributed by atoms with Gasteiger partial charge in [-0.1, -0.05) is 113 Å². The van der Waals surface area contributed by atoms with E-state index < -0.39 is 0 Å². The van der Waals surface area contributed by atoms with E-state index in [1.54, 1.807) is 0 Å². The molecule has 0 aromatic heterocycles. The summed E-state index contributed by atoms with van der Waals surface area (Å²) >= 11 is 12.2. The van der Waals surface area contributed by atoms with Gasteiger partial charge in [0.05, 0.1) is 11.4 Å². The minimum atomic E-state index is 0.157. The van der Waals surface area contributed by atoms with Crippen LogP contribution in [0.1, 0.15) is 102 Å². The van der Waals surface area contributed by atoms with Gasteiger partial charge < -0.3 is 5.73 Å². The molecular weight excluding hydrogens is 489 g/mol. The first-order valence-corrected chi connectivity index (χ1v) is 14.0. The first-order chi connectivity index (χ1) is 17.5. The summed E-state index contributed by atoms with van der Waals surface area (Å²) in [6, 6.07) is 15.4. The topological polar surface area (TPSA) is 75.1 Å². The average Bonchev–Trinajstić information content (AvgIpc) is 2.88. The number of halogens is 2. The molecule has 0 unspecified atom stereocenters. The molecule has 2 aromatic rings. The van der Waals surface area contributed by atoms with E-state index in [1.807, 2.05) is 48.5 Å². The number of benzene rings is 2. The summed E-state index contributed by atoms with van der Waals surface area (Å²) in [4.78, 5) is 0. The van der Waals surface area contributed by atoms with Gasteiger partial charge in [0.15, 0.2) is 0 Å². The second kappa shape index (κ2) is 18.0. The summed E-state index contributed by atoms with van der Waals surface area (Å²) in [7, 11) is 0. The Kier molecular flexibility index (Phi) is 14.9. The van der Waals surface area contributed by atoms with Crippen LogP contribution in [0.15, 0.2) is 63.8 Å². The zero-order valence-corrected chi connectivity index (χ0v) is 23.3. The van der Waals surface area contributed by atoms with Crippen molar-refractivity contribution >= 4 is 40.6 Å². The highest BCUT2D eigenvalue weighted by atomic mass is 35.5. The van der Waals surface area contributed by atoms with Crippen molar-refractivity contribution < 1.29 is 0 Å². The van der Waals surface area contributed by atoms with E-state index in [1.165, 1.54) is 51.4 Å². The van der Waals surface area contributed by atoms with Gasteiger partial charge in [-0.15, -0.1) is 5.10 Å². The van der Waals surface area contributed by atoms with Gasteiger partial charge in [0.1, 0.15) is 0 Å². The highest BCUT2D eigenvalue weighted by Crippen LogP contribution is 2.16. The Hall–Kier alpha value is -2.37. The van der Waals surface area contributed by atoms with E-state index in [2.05, 4.69) is 34.6 Å².